The van der Waals surface area contributed by atoms with Gasteiger partial charge in [-0.2, -0.15) is 0 Å². The highest BCUT2D eigenvalue weighted by molar-refractivity contribution is 5.18. The SMILES string of the molecule is C=CCO[C@H]1CO[C@@H](c2ccccc2)O[C@H]1[C@H]1O[C@H](c2ccccc2)OC[C@H]1OCC=C. The van der Waals surface area contributed by atoms with Gasteiger partial charge in [-0.15, -0.1) is 13.2 Å². The lowest BCUT2D eigenvalue weighted by atomic mass is 10.00. The van der Waals surface area contributed by atoms with Gasteiger partial charge in [0.25, 0.3) is 0 Å². The van der Waals surface area contributed by atoms with Crippen LogP contribution in [0.25, 0.3) is 0 Å². The van der Waals surface area contributed by atoms with Crippen molar-refractivity contribution in [1.82, 2.24) is 0 Å². The summed E-state index contributed by atoms with van der Waals surface area (Å²) in [6.07, 6.45) is 0.827. The Balaban J connectivity index is 1.59. The Morgan fingerprint density at radius 1 is 0.688 bits per heavy atom. The lowest BCUT2D eigenvalue weighted by molar-refractivity contribution is -0.338. The third-order valence-electron chi connectivity index (χ3n) is 5.44. The molecule has 0 aliphatic carbocycles. The van der Waals surface area contributed by atoms with Gasteiger partial charge in [-0.25, -0.2) is 0 Å². The van der Waals surface area contributed by atoms with Crippen molar-refractivity contribution in [1.29, 1.82) is 0 Å². The molecule has 6 heteroatoms. The number of hydrogen-bond donors (Lipinski definition) is 0. The van der Waals surface area contributed by atoms with Gasteiger partial charge in [0.15, 0.2) is 12.6 Å². The molecule has 0 spiro atoms. The Morgan fingerprint density at radius 3 is 1.47 bits per heavy atom. The fourth-order valence-corrected chi connectivity index (χ4v) is 3.91. The van der Waals surface area contributed by atoms with Crippen molar-refractivity contribution in [2.45, 2.75) is 37.0 Å². The molecule has 2 aliphatic rings. The van der Waals surface area contributed by atoms with Crippen molar-refractivity contribution in [2.75, 3.05) is 26.4 Å². The summed E-state index contributed by atoms with van der Waals surface area (Å²) in [6, 6.07) is 19.7. The van der Waals surface area contributed by atoms with E-state index in [1.807, 2.05) is 60.7 Å². The van der Waals surface area contributed by atoms with Crippen LogP contribution in [-0.4, -0.2) is 50.8 Å². The molecule has 32 heavy (non-hydrogen) atoms. The Labute approximate surface area is 189 Å². The summed E-state index contributed by atoms with van der Waals surface area (Å²) < 4.78 is 36.9. The van der Waals surface area contributed by atoms with Crippen molar-refractivity contribution in [3.63, 3.8) is 0 Å². The normalized spacial score (nSPS) is 30.5. The molecule has 170 valence electrons. The van der Waals surface area contributed by atoms with Crippen LogP contribution < -0.4 is 0 Å². The van der Waals surface area contributed by atoms with Gasteiger partial charge >= 0.3 is 0 Å². The van der Waals surface area contributed by atoms with E-state index >= 15 is 0 Å². The molecule has 6 atom stereocenters. The van der Waals surface area contributed by atoms with Crippen LogP contribution in [0, 0.1) is 0 Å². The van der Waals surface area contributed by atoms with Crippen molar-refractivity contribution >= 4 is 0 Å². The second kappa shape index (κ2) is 11.5. The molecule has 2 aromatic rings. The molecule has 0 N–H and O–H groups in total. The Bertz CT molecular complexity index is 770. The first-order valence-corrected chi connectivity index (χ1v) is 10.9. The van der Waals surface area contributed by atoms with E-state index in [1.165, 1.54) is 0 Å². The zero-order chi connectivity index (χ0) is 22.2. The van der Waals surface area contributed by atoms with Crippen molar-refractivity contribution in [3.05, 3.63) is 97.1 Å². The molecule has 0 radical (unpaired) electrons. The molecule has 2 heterocycles. The number of rotatable bonds is 9. The fraction of sp³-hybridized carbons (Fsp3) is 0.385. The zero-order valence-corrected chi connectivity index (χ0v) is 18.1. The molecule has 2 aromatic carbocycles. The summed E-state index contributed by atoms with van der Waals surface area (Å²) in [7, 11) is 0. The monoisotopic (exact) mass is 438 g/mol. The van der Waals surface area contributed by atoms with Crippen LogP contribution in [0.4, 0.5) is 0 Å². The fourth-order valence-electron chi connectivity index (χ4n) is 3.91. The van der Waals surface area contributed by atoms with Gasteiger partial charge in [0.05, 0.1) is 26.4 Å². The first-order chi connectivity index (χ1) is 15.8. The maximum atomic E-state index is 6.45. The van der Waals surface area contributed by atoms with Crippen LogP contribution in [-0.2, 0) is 28.4 Å². The van der Waals surface area contributed by atoms with Gasteiger partial charge in [-0.05, 0) is 0 Å². The molecular weight excluding hydrogens is 408 g/mol. The third-order valence-corrected chi connectivity index (χ3v) is 5.44. The van der Waals surface area contributed by atoms with Gasteiger partial charge in [-0.1, -0.05) is 72.8 Å². The van der Waals surface area contributed by atoms with E-state index in [0.29, 0.717) is 26.4 Å². The topological polar surface area (TPSA) is 55.4 Å². The molecule has 0 aromatic heterocycles. The second-order valence-electron chi connectivity index (χ2n) is 7.67. The first kappa shape index (κ1) is 22.9. The van der Waals surface area contributed by atoms with E-state index in [1.54, 1.807) is 12.2 Å². The number of benzene rings is 2. The van der Waals surface area contributed by atoms with Gasteiger partial charge in [0.1, 0.15) is 24.4 Å². The highest BCUT2D eigenvalue weighted by atomic mass is 16.7. The quantitative estimate of drug-likeness (QED) is 0.543. The van der Waals surface area contributed by atoms with Crippen LogP contribution in [0.2, 0.25) is 0 Å². The second-order valence-corrected chi connectivity index (χ2v) is 7.67. The van der Waals surface area contributed by atoms with E-state index in [4.69, 9.17) is 28.4 Å². The summed E-state index contributed by atoms with van der Waals surface area (Å²) in [5.41, 5.74) is 1.88. The highest BCUT2D eigenvalue weighted by Crippen LogP contribution is 2.36. The van der Waals surface area contributed by atoms with Gasteiger partial charge < -0.3 is 28.4 Å². The van der Waals surface area contributed by atoms with Crippen LogP contribution in [0.1, 0.15) is 23.7 Å². The van der Waals surface area contributed by atoms with Crippen LogP contribution in [0.3, 0.4) is 0 Å². The molecule has 2 fully saturated rings. The predicted octanol–water partition coefficient (Wildman–Crippen LogP) is 4.36. The van der Waals surface area contributed by atoms with Crippen molar-refractivity contribution in [3.8, 4) is 0 Å². The van der Waals surface area contributed by atoms with Gasteiger partial charge in [0.2, 0.25) is 0 Å². The lowest BCUT2D eigenvalue weighted by Gasteiger charge is -2.45. The zero-order valence-electron chi connectivity index (χ0n) is 18.1. The number of hydrogen-bond acceptors (Lipinski definition) is 6. The van der Waals surface area contributed by atoms with Crippen molar-refractivity contribution in [2.24, 2.45) is 0 Å². The highest BCUT2D eigenvalue weighted by Gasteiger charge is 2.46. The molecule has 2 saturated heterocycles. The van der Waals surface area contributed by atoms with E-state index in [0.717, 1.165) is 11.1 Å². The summed E-state index contributed by atoms with van der Waals surface area (Å²) in [5.74, 6) is 0. The molecule has 0 unspecified atom stereocenters. The molecule has 0 amide bonds. The Hall–Kier alpha value is -2.32. The molecule has 0 bridgehead atoms. The molecule has 2 aliphatic heterocycles. The smallest absolute Gasteiger partial charge is 0.184 e. The van der Waals surface area contributed by atoms with Crippen LogP contribution >= 0.6 is 0 Å². The molecular formula is C26H30O6. The van der Waals surface area contributed by atoms with Crippen molar-refractivity contribution < 1.29 is 28.4 Å². The summed E-state index contributed by atoms with van der Waals surface area (Å²) in [4.78, 5) is 0. The Kier molecular flexibility index (Phi) is 8.23. The Morgan fingerprint density at radius 2 is 1.09 bits per heavy atom. The summed E-state index contributed by atoms with van der Waals surface area (Å²) >= 11 is 0. The predicted molar refractivity (Wildman–Crippen MR) is 120 cm³/mol. The summed E-state index contributed by atoms with van der Waals surface area (Å²) in [5, 5.41) is 0. The third kappa shape index (κ3) is 5.53. The van der Waals surface area contributed by atoms with E-state index < -0.39 is 24.8 Å². The molecule has 4 rings (SSSR count). The molecule has 0 saturated carbocycles. The standard InChI is InChI=1S/C26H30O6/c1-3-15-27-21-17-29-25(19-11-7-5-8-12-19)31-23(21)24-22(28-16-4-2)18-30-26(32-24)20-13-9-6-10-14-20/h3-14,21-26H,1-2,15-18H2/t21-,22+,23+,24-,25-,26-/m1/s1. The largest absolute Gasteiger partial charge is 0.369 e. The molecule has 6 nitrogen and oxygen atoms in total. The van der Waals surface area contributed by atoms with Gasteiger partial charge in [-0.3, -0.25) is 0 Å². The maximum Gasteiger partial charge on any atom is 0.184 e. The average molecular weight is 439 g/mol. The van der Waals surface area contributed by atoms with Gasteiger partial charge in [0, 0.05) is 11.1 Å². The summed E-state index contributed by atoms with van der Waals surface area (Å²) in [6.45, 7) is 9.01. The minimum absolute atomic E-state index is 0.345. The lowest BCUT2D eigenvalue weighted by Crippen LogP contribution is -2.57. The maximum absolute atomic E-state index is 6.45. The van der Waals surface area contributed by atoms with Crippen LogP contribution in [0.15, 0.2) is 86.0 Å². The van der Waals surface area contributed by atoms with E-state index in [-0.39, 0.29) is 12.2 Å². The van der Waals surface area contributed by atoms with E-state index in [2.05, 4.69) is 13.2 Å². The van der Waals surface area contributed by atoms with E-state index in [9.17, 15) is 0 Å². The first-order valence-electron chi connectivity index (χ1n) is 10.9. The minimum Gasteiger partial charge on any atom is -0.369 e. The number of ether oxygens (including phenoxy) is 6. The van der Waals surface area contributed by atoms with Crippen LogP contribution in [0.5, 0.6) is 0 Å². The average Bonchev–Trinajstić information content (AvgIpc) is 2.87. The minimum atomic E-state index is -0.522.